The fraction of sp³-hybridized carbons (Fsp3) is 0.625. The summed E-state index contributed by atoms with van der Waals surface area (Å²) in [7, 11) is 0. The van der Waals surface area contributed by atoms with Crippen molar-refractivity contribution in [2.45, 2.75) is 50.3 Å². The van der Waals surface area contributed by atoms with E-state index in [0.717, 1.165) is 30.9 Å². The van der Waals surface area contributed by atoms with Gasteiger partial charge in [0.1, 0.15) is 0 Å². The Labute approximate surface area is 123 Å². The molecule has 1 aromatic rings. The van der Waals surface area contributed by atoms with Crippen molar-refractivity contribution in [3.8, 4) is 0 Å². The van der Waals surface area contributed by atoms with E-state index in [1.54, 1.807) is 0 Å². The molecule has 1 fully saturated rings. The molecular formula is C16H23F3NO+. The molecule has 21 heavy (non-hydrogen) atoms. The molecule has 0 amide bonds. The third-order valence-electron chi connectivity index (χ3n) is 4.30. The monoisotopic (exact) mass is 302 g/mol. The predicted molar refractivity (Wildman–Crippen MR) is 74.8 cm³/mol. The van der Waals surface area contributed by atoms with Crippen LogP contribution in [0, 0.1) is 0 Å². The van der Waals surface area contributed by atoms with Crippen molar-refractivity contribution in [3.63, 3.8) is 0 Å². The van der Waals surface area contributed by atoms with Gasteiger partial charge in [0.05, 0.1) is 17.7 Å². The van der Waals surface area contributed by atoms with Gasteiger partial charge < -0.3 is 10.5 Å². The zero-order valence-electron chi connectivity index (χ0n) is 12.6. The molecule has 1 aliphatic heterocycles. The van der Waals surface area contributed by atoms with E-state index in [0.29, 0.717) is 13.2 Å². The Hall–Kier alpha value is -1.07. The highest BCUT2D eigenvalue weighted by atomic mass is 19.4. The molecule has 118 valence electrons. The third-order valence-corrected chi connectivity index (χ3v) is 4.30. The van der Waals surface area contributed by atoms with Crippen molar-refractivity contribution >= 4 is 0 Å². The molecule has 1 atom stereocenters. The Morgan fingerprint density at radius 1 is 1.29 bits per heavy atom. The van der Waals surface area contributed by atoms with Gasteiger partial charge in [0.15, 0.2) is 0 Å². The minimum Gasteiger partial charge on any atom is -0.376 e. The lowest BCUT2D eigenvalue weighted by Crippen LogP contribution is -2.55. The van der Waals surface area contributed by atoms with Crippen molar-refractivity contribution in [2.24, 2.45) is 0 Å². The number of hydrogen-bond donors (Lipinski definition) is 1. The van der Waals surface area contributed by atoms with E-state index in [4.69, 9.17) is 4.74 Å². The van der Waals surface area contributed by atoms with Gasteiger partial charge in [-0.2, -0.15) is 13.2 Å². The third kappa shape index (κ3) is 3.58. The summed E-state index contributed by atoms with van der Waals surface area (Å²) in [5.74, 6) is 0. The minimum absolute atomic E-state index is 0.273. The highest BCUT2D eigenvalue weighted by molar-refractivity contribution is 5.33. The summed E-state index contributed by atoms with van der Waals surface area (Å²) in [6, 6.07) is 5.75. The van der Waals surface area contributed by atoms with Gasteiger partial charge in [-0.3, -0.25) is 0 Å². The van der Waals surface area contributed by atoms with Crippen molar-refractivity contribution < 1.29 is 23.6 Å². The van der Waals surface area contributed by atoms with Gasteiger partial charge in [-0.25, -0.2) is 0 Å². The molecule has 5 heteroatoms. The highest BCUT2D eigenvalue weighted by Gasteiger charge is 2.43. The van der Waals surface area contributed by atoms with E-state index in [1.807, 2.05) is 19.9 Å². The van der Waals surface area contributed by atoms with E-state index in [2.05, 4.69) is 5.73 Å². The molecule has 3 N–H and O–H groups in total. The molecule has 0 saturated carbocycles. The van der Waals surface area contributed by atoms with Crippen LogP contribution in [0.1, 0.15) is 44.2 Å². The second kappa shape index (κ2) is 5.61. The number of rotatable bonds is 3. The molecule has 0 spiro atoms. The molecule has 1 aliphatic rings. The van der Waals surface area contributed by atoms with Crippen LogP contribution in [0.2, 0.25) is 0 Å². The summed E-state index contributed by atoms with van der Waals surface area (Å²) in [5.41, 5.74) is 3.50. The van der Waals surface area contributed by atoms with Gasteiger partial charge in [0, 0.05) is 18.4 Å². The van der Waals surface area contributed by atoms with Crippen LogP contribution in [-0.2, 0) is 16.3 Å². The fourth-order valence-corrected chi connectivity index (χ4v) is 3.44. The first kappa shape index (κ1) is 16.3. The zero-order valence-corrected chi connectivity index (χ0v) is 12.6. The molecule has 2 rings (SSSR count). The first-order valence-electron chi connectivity index (χ1n) is 7.30. The molecule has 0 unspecified atom stereocenters. The molecule has 1 heterocycles. The summed E-state index contributed by atoms with van der Waals surface area (Å²) >= 11 is 0. The smallest absolute Gasteiger partial charge is 0.376 e. The summed E-state index contributed by atoms with van der Waals surface area (Å²) in [6.45, 7) is 5.27. The number of quaternary nitrogens is 1. The second-order valence-electron chi connectivity index (χ2n) is 6.50. The van der Waals surface area contributed by atoms with Crippen molar-refractivity contribution in [1.82, 2.24) is 0 Å². The number of benzene rings is 1. The number of hydrogen-bond acceptors (Lipinski definition) is 1. The average Bonchev–Trinajstić information content (AvgIpc) is 2.37. The molecule has 0 aromatic heterocycles. The van der Waals surface area contributed by atoms with Gasteiger partial charge in [-0.15, -0.1) is 0 Å². The second-order valence-corrected chi connectivity index (χ2v) is 6.50. The van der Waals surface area contributed by atoms with Gasteiger partial charge in [0.25, 0.3) is 0 Å². The minimum atomic E-state index is -4.30. The zero-order chi connectivity index (χ0) is 15.7. The molecule has 1 aromatic carbocycles. The lowest BCUT2D eigenvalue weighted by atomic mass is 9.67. The maximum atomic E-state index is 13.0. The lowest BCUT2D eigenvalue weighted by molar-refractivity contribution is -0.372. The van der Waals surface area contributed by atoms with Crippen LogP contribution >= 0.6 is 0 Å². The Morgan fingerprint density at radius 2 is 2.00 bits per heavy atom. The Morgan fingerprint density at radius 3 is 2.57 bits per heavy atom. The van der Waals surface area contributed by atoms with Crippen LogP contribution in [0.15, 0.2) is 24.3 Å². The normalized spacial score (nSPS) is 25.8. The average molecular weight is 302 g/mol. The summed E-state index contributed by atoms with van der Waals surface area (Å²) in [4.78, 5) is 0. The Balaban J connectivity index is 2.43. The number of halogens is 3. The van der Waals surface area contributed by atoms with Crippen molar-refractivity contribution in [3.05, 3.63) is 35.4 Å². The van der Waals surface area contributed by atoms with Crippen LogP contribution in [0.5, 0.6) is 0 Å². The van der Waals surface area contributed by atoms with Crippen LogP contribution in [0.4, 0.5) is 13.2 Å². The van der Waals surface area contributed by atoms with Crippen LogP contribution in [0.3, 0.4) is 0 Å². The van der Waals surface area contributed by atoms with Crippen LogP contribution in [0.25, 0.3) is 0 Å². The summed E-state index contributed by atoms with van der Waals surface area (Å²) in [6.07, 6.45) is -2.06. The lowest BCUT2D eigenvalue weighted by Gasteiger charge is -2.45. The standard InChI is InChI=1S/C16H22F3NO/c1-14(2)11-15(6-8-20,7-9-21-14)12-4-3-5-13(10-12)16(17,18)19/h3-5,10H,6-9,11,20H2,1-2H3/p+1/t15-/m1/s1. The van der Waals surface area contributed by atoms with Crippen molar-refractivity contribution in [1.29, 1.82) is 0 Å². The van der Waals surface area contributed by atoms with Crippen LogP contribution < -0.4 is 5.73 Å². The molecule has 0 aliphatic carbocycles. The first-order chi connectivity index (χ1) is 9.69. The van der Waals surface area contributed by atoms with Crippen molar-refractivity contribution in [2.75, 3.05) is 13.2 Å². The Bertz CT molecular complexity index is 495. The Kier molecular flexibility index (Phi) is 4.36. The van der Waals surface area contributed by atoms with E-state index in [9.17, 15) is 13.2 Å². The van der Waals surface area contributed by atoms with Crippen LogP contribution in [-0.4, -0.2) is 18.8 Å². The first-order valence-corrected chi connectivity index (χ1v) is 7.30. The largest absolute Gasteiger partial charge is 0.416 e. The quantitative estimate of drug-likeness (QED) is 0.915. The SMILES string of the molecule is CC1(C)C[C@](CC[NH3+])(c2cccc(C(F)(F)F)c2)CCO1. The molecule has 2 nitrogen and oxygen atoms in total. The summed E-state index contributed by atoms with van der Waals surface area (Å²) in [5, 5.41) is 0. The fourth-order valence-electron chi connectivity index (χ4n) is 3.44. The molecule has 0 bridgehead atoms. The summed E-state index contributed by atoms with van der Waals surface area (Å²) < 4.78 is 44.6. The molecule has 1 saturated heterocycles. The van der Waals surface area contributed by atoms with Gasteiger partial charge in [-0.1, -0.05) is 18.2 Å². The van der Waals surface area contributed by atoms with Gasteiger partial charge in [-0.05, 0) is 38.3 Å². The maximum absolute atomic E-state index is 13.0. The van der Waals surface area contributed by atoms with E-state index in [-0.39, 0.29) is 11.0 Å². The highest BCUT2D eigenvalue weighted by Crippen LogP contribution is 2.44. The number of ether oxygens (including phenoxy) is 1. The van der Waals surface area contributed by atoms with E-state index < -0.39 is 11.7 Å². The van der Waals surface area contributed by atoms with E-state index in [1.165, 1.54) is 12.1 Å². The maximum Gasteiger partial charge on any atom is 0.416 e. The molecular weight excluding hydrogens is 279 g/mol. The van der Waals surface area contributed by atoms with Gasteiger partial charge in [0.2, 0.25) is 0 Å². The molecule has 0 radical (unpaired) electrons. The predicted octanol–water partition coefficient (Wildman–Crippen LogP) is 3.16. The number of alkyl halides is 3. The van der Waals surface area contributed by atoms with E-state index >= 15 is 0 Å². The van der Waals surface area contributed by atoms with Gasteiger partial charge >= 0.3 is 6.18 Å². The topological polar surface area (TPSA) is 36.9 Å².